The molecule has 3 heteroatoms. The normalized spacial score (nSPS) is 24.0. The molecule has 1 aliphatic carbocycles. The molecule has 0 spiro atoms. The van der Waals surface area contributed by atoms with Gasteiger partial charge in [0.15, 0.2) is 0 Å². The molecule has 3 unspecified atom stereocenters. The van der Waals surface area contributed by atoms with Crippen molar-refractivity contribution in [1.82, 2.24) is 5.32 Å². The van der Waals surface area contributed by atoms with E-state index in [0.717, 1.165) is 30.9 Å². The first-order valence-corrected chi connectivity index (χ1v) is 8.65. The minimum absolute atomic E-state index is 0.235. The summed E-state index contributed by atoms with van der Waals surface area (Å²) in [5.74, 6) is 1.20. The molecule has 0 aliphatic heterocycles. The summed E-state index contributed by atoms with van der Waals surface area (Å²) >= 11 is 5.92. The first-order valence-electron chi connectivity index (χ1n) is 8.28. The minimum atomic E-state index is -0.244. The van der Waals surface area contributed by atoms with Crippen LogP contribution >= 0.6 is 11.6 Å². The summed E-state index contributed by atoms with van der Waals surface area (Å²) in [5.41, 5.74) is 0.745. The van der Waals surface area contributed by atoms with E-state index in [1.54, 1.807) is 6.07 Å². The summed E-state index contributed by atoms with van der Waals surface area (Å²) in [6.07, 6.45) is 6.99. The maximum absolute atomic E-state index is 14.2. The van der Waals surface area contributed by atoms with E-state index in [9.17, 15) is 4.39 Å². The summed E-state index contributed by atoms with van der Waals surface area (Å²) in [4.78, 5) is 0. The van der Waals surface area contributed by atoms with Crippen molar-refractivity contribution in [2.45, 2.75) is 58.4 Å². The number of hydrogen-bond donors (Lipinski definition) is 1. The van der Waals surface area contributed by atoms with Crippen molar-refractivity contribution in [2.75, 3.05) is 6.54 Å². The molecule has 2 rings (SSSR count). The molecule has 1 aliphatic rings. The molecule has 1 aromatic carbocycles. The zero-order chi connectivity index (χ0) is 15.2. The lowest BCUT2D eigenvalue weighted by Crippen LogP contribution is -2.40. The molecule has 0 bridgehead atoms. The fourth-order valence-electron chi connectivity index (χ4n) is 3.52. The summed E-state index contributed by atoms with van der Waals surface area (Å²) in [7, 11) is 0. The van der Waals surface area contributed by atoms with Crippen molar-refractivity contribution in [2.24, 2.45) is 11.8 Å². The number of rotatable bonds is 6. The standard InChI is InChI=1S/C18H27ClFN/c1-3-10-21-17(14-7-4-6-13(2)11-14)12-15-8-5-9-16(19)18(15)20/h5,8-9,13-14,17,21H,3-4,6-7,10-12H2,1-2H3. The highest BCUT2D eigenvalue weighted by atomic mass is 35.5. The van der Waals surface area contributed by atoms with Crippen LogP contribution in [0.15, 0.2) is 18.2 Å². The van der Waals surface area contributed by atoms with E-state index >= 15 is 0 Å². The van der Waals surface area contributed by atoms with Crippen molar-refractivity contribution >= 4 is 11.6 Å². The van der Waals surface area contributed by atoms with Gasteiger partial charge in [-0.05, 0) is 55.7 Å². The lowest BCUT2D eigenvalue weighted by atomic mass is 9.77. The Morgan fingerprint density at radius 1 is 1.38 bits per heavy atom. The van der Waals surface area contributed by atoms with E-state index in [4.69, 9.17) is 11.6 Å². The predicted octanol–water partition coefficient (Wildman–Crippen LogP) is 5.22. The van der Waals surface area contributed by atoms with Gasteiger partial charge in [-0.25, -0.2) is 4.39 Å². The summed E-state index contributed by atoms with van der Waals surface area (Å²) in [6, 6.07) is 5.70. The Hall–Kier alpha value is -0.600. The quantitative estimate of drug-likeness (QED) is 0.760. The van der Waals surface area contributed by atoms with Gasteiger partial charge in [0.25, 0.3) is 0 Å². The molecule has 0 heterocycles. The fraction of sp³-hybridized carbons (Fsp3) is 0.667. The van der Waals surface area contributed by atoms with Gasteiger partial charge in [-0.3, -0.25) is 0 Å². The van der Waals surface area contributed by atoms with E-state index in [2.05, 4.69) is 19.2 Å². The molecule has 21 heavy (non-hydrogen) atoms. The van der Waals surface area contributed by atoms with E-state index in [0.29, 0.717) is 12.0 Å². The van der Waals surface area contributed by atoms with E-state index in [1.165, 1.54) is 25.7 Å². The van der Waals surface area contributed by atoms with Gasteiger partial charge >= 0.3 is 0 Å². The maximum Gasteiger partial charge on any atom is 0.145 e. The lowest BCUT2D eigenvalue weighted by Gasteiger charge is -2.34. The molecular formula is C18H27ClFN. The summed E-state index contributed by atoms with van der Waals surface area (Å²) in [6.45, 7) is 5.51. The third kappa shape index (κ3) is 4.69. The molecule has 118 valence electrons. The SMILES string of the molecule is CCCNC(Cc1cccc(Cl)c1F)C1CCCC(C)C1. The Morgan fingerprint density at radius 2 is 2.19 bits per heavy atom. The Kier molecular flexibility index (Phi) is 6.50. The second-order valence-electron chi connectivity index (χ2n) is 6.51. The average molecular weight is 312 g/mol. The summed E-state index contributed by atoms with van der Waals surface area (Å²) in [5, 5.41) is 3.88. The van der Waals surface area contributed by atoms with Crippen molar-refractivity contribution in [3.8, 4) is 0 Å². The minimum Gasteiger partial charge on any atom is -0.313 e. The zero-order valence-corrected chi connectivity index (χ0v) is 13.9. The van der Waals surface area contributed by atoms with Crippen LogP contribution in [0.1, 0.15) is 51.5 Å². The first kappa shape index (κ1) is 16.8. The van der Waals surface area contributed by atoms with Gasteiger partial charge in [-0.1, -0.05) is 50.4 Å². The van der Waals surface area contributed by atoms with Crippen molar-refractivity contribution in [1.29, 1.82) is 0 Å². The van der Waals surface area contributed by atoms with Crippen LogP contribution in [0, 0.1) is 17.7 Å². The van der Waals surface area contributed by atoms with Crippen LogP contribution in [0.2, 0.25) is 5.02 Å². The highest BCUT2D eigenvalue weighted by molar-refractivity contribution is 6.30. The van der Waals surface area contributed by atoms with Crippen LogP contribution in [0.25, 0.3) is 0 Å². The first-order chi connectivity index (χ1) is 10.1. The third-order valence-corrected chi connectivity index (χ3v) is 4.97. The third-order valence-electron chi connectivity index (χ3n) is 4.67. The predicted molar refractivity (Wildman–Crippen MR) is 88.3 cm³/mol. The van der Waals surface area contributed by atoms with Crippen LogP contribution in [0.5, 0.6) is 0 Å². The van der Waals surface area contributed by atoms with Gasteiger partial charge in [0.1, 0.15) is 5.82 Å². The van der Waals surface area contributed by atoms with Gasteiger partial charge in [0.05, 0.1) is 5.02 Å². The molecule has 1 aromatic rings. The van der Waals surface area contributed by atoms with Crippen LogP contribution in [0.3, 0.4) is 0 Å². The van der Waals surface area contributed by atoms with E-state index < -0.39 is 0 Å². The average Bonchev–Trinajstić information content (AvgIpc) is 2.47. The Balaban J connectivity index is 2.10. The largest absolute Gasteiger partial charge is 0.313 e. The Bertz CT molecular complexity index is 449. The van der Waals surface area contributed by atoms with E-state index in [1.807, 2.05) is 12.1 Å². The molecule has 1 N–H and O–H groups in total. The molecule has 3 atom stereocenters. The Labute approximate surface area is 133 Å². The van der Waals surface area contributed by atoms with Crippen molar-refractivity contribution in [3.05, 3.63) is 34.6 Å². The van der Waals surface area contributed by atoms with Gasteiger partial charge in [-0.15, -0.1) is 0 Å². The van der Waals surface area contributed by atoms with Crippen LogP contribution in [0.4, 0.5) is 4.39 Å². The fourth-order valence-corrected chi connectivity index (χ4v) is 3.72. The van der Waals surface area contributed by atoms with Crippen LogP contribution in [-0.4, -0.2) is 12.6 Å². The second kappa shape index (κ2) is 8.14. The van der Waals surface area contributed by atoms with Crippen molar-refractivity contribution in [3.63, 3.8) is 0 Å². The topological polar surface area (TPSA) is 12.0 Å². The molecule has 0 radical (unpaired) electrons. The smallest absolute Gasteiger partial charge is 0.145 e. The van der Waals surface area contributed by atoms with Crippen LogP contribution in [-0.2, 0) is 6.42 Å². The monoisotopic (exact) mass is 311 g/mol. The lowest BCUT2D eigenvalue weighted by molar-refractivity contribution is 0.220. The number of nitrogens with one attached hydrogen (secondary N) is 1. The highest BCUT2D eigenvalue weighted by Crippen LogP contribution is 2.32. The van der Waals surface area contributed by atoms with Crippen LogP contribution < -0.4 is 5.32 Å². The van der Waals surface area contributed by atoms with Gasteiger partial charge < -0.3 is 5.32 Å². The van der Waals surface area contributed by atoms with Gasteiger partial charge in [0, 0.05) is 6.04 Å². The molecule has 0 amide bonds. The Morgan fingerprint density at radius 3 is 2.90 bits per heavy atom. The molecule has 1 saturated carbocycles. The number of benzene rings is 1. The number of halogens is 2. The molecule has 1 nitrogen and oxygen atoms in total. The molecule has 0 saturated heterocycles. The maximum atomic E-state index is 14.2. The van der Waals surface area contributed by atoms with E-state index in [-0.39, 0.29) is 10.8 Å². The van der Waals surface area contributed by atoms with Crippen molar-refractivity contribution < 1.29 is 4.39 Å². The highest BCUT2D eigenvalue weighted by Gasteiger charge is 2.27. The molecule has 1 fully saturated rings. The van der Waals surface area contributed by atoms with Gasteiger partial charge in [-0.2, -0.15) is 0 Å². The number of hydrogen-bond acceptors (Lipinski definition) is 1. The summed E-state index contributed by atoms with van der Waals surface area (Å²) < 4.78 is 14.2. The molecule has 0 aromatic heterocycles. The van der Waals surface area contributed by atoms with Gasteiger partial charge in [0.2, 0.25) is 0 Å². The molecular weight excluding hydrogens is 285 g/mol. The second-order valence-corrected chi connectivity index (χ2v) is 6.92. The zero-order valence-electron chi connectivity index (χ0n) is 13.2.